The highest BCUT2D eigenvalue weighted by atomic mass is 79.9. The molecule has 1 aromatic carbocycles. The van der Waals surface area contributed by atoms with Crippen LogP contribution in [0.5, 0.6) is 5.75 Å². The maximum atomic E-state index is 10.6. The fraction of sp³-hybridized carbons (Fsp3) is 0.300. The number of carboxylic acid groups (broad SMARTS) is 1. The van der Waals surface area contributed by atoms with Gasteiger partial charge in [0.2, 0.25) is 0 Å². The van der Waals surface area contributed by atoms with E-state index >= 15 is 0 Å². The Balaban J connectivity index is 2.83. The van der Waals surface area contributed by atoms with Crippen LogP contribution in [0.3, 0.4) is 0 Å². The summed E-state index contributed by atoms with van der Waals surface area (Å²) in [6.45, 7) is 0. The summed E-state index contributed by atoms with van der Waals surface area (Å²) in [6, 6.07) is 4.52. The molecule has 3 N–H and O–H groups in total. The van der Waals surface area contributed by atoms with Crippen LogP contribution in [-0.4, -0.2) is 24.2 Å². The maximum absolute atomic E-state index is 10.6. The van der Waals surface area contributed by atoms with Crippen LogP contribution in [0, 0.1) is 0 Å². The molecule has 0 spiro atoms. The molecule has 4 nitrogen and oxygen atoms in total. The molecule has 1 rings (SSSR count). The van der Waals surface area contributed by atoms with Crippen LogP contribution in [0.15, 0.2) is 22.7 Å². The lowest BCUT2D eigenvalue weighted by Gasteiger charge is -2.09. The molecule has 0 unspecified atom stereocenters. The van der Waals surface area contributed by atoms with Crippen LogP contribution in [-0.2, 0) is 11.2 Å². The summed E-state index contributed by atoms with van der Waals surface area (Å²) in [6.07, 6.45) is 0.291. The van der Waals surface area contributed by atoms with Gasteiger partial charge in [0.25, 0.3) is 0 Å². The predicted octanol–water partition coefficient (Wildman–Crippen LogP) is 1.41. The minimum absolute atomic E-state index is 0.291. The van der Waals surface area contributed by atoms with Crippen molar-refractivity contribution in [3.05, 3.63) is 28.2 Å². The van der Waals surface area contributed by atoms with Gasteiger partial charge in [-0.2, -0.15) is 0 Å². The predicted molar refractivity (Wildman–Crippen MR) is 60.0 cm³/mol. The van der Waals surface area contributed by atoms with Gasteiger partial charge in [-0.15, -0.1) is 0 Å². The third kappa shape index (κ3) is 3.21. The third-order valence-electron chi connectivity index (χ3n) is 1.99. The Labute approximate surface area is 96.2 Å². The highest BCUT2D eigenvalue weighted by Crippen LogP contribution is 2.25. The molecule has 0 radical (unpaired) electrons. The summed E-state index contributed by atoms with van der Waals surface area (Å²) in [5.41, 5.74) is 6.26. The monoisotopic (exact) mass is 273 g/mol. The van der Waals surface area contributed by atoms with Crippen LogP contribution in [0.4, 0.5) is 0 Å². The average Bonchev–Trinajstić information content (AvgIpc) is 2.20. The van der Waals surface area contributed by atoms with E-state index in [0.29, 0.717) is 12.2 Å². The zero-order valence-corrected chi connectivity index (χ0v) is 9.82. The van der Waals surface area contributed by atoms with Gasteiger partial charge in [-0.05, 0) is 40.0 Å². The molecule has 1 aromatic rings. The number of nitrogens with two attached hydrogens (primary N) is 1. The van der Waals surface area contributed by atoms with Crippen molar-refractivity contribution in [2.45, 2.75) is 12.5 Å². The van der Waals surface area contributed by atoms with Gasteiger partial charge >= 0.3 is 5.97 Å². The SMILES string of the molecule is COc1cc(C[C@@H](N)C(=O)O)ccc1Br. The quantitative estimate of drug-likeness (QED) is 0.870. The van der Waals surface area contributed by atoms with Crippen LogP contribution in [0.1, 0.15) is 5.56 Å². The molecule has 0 saturated heterocycles. The second-order valence-electron chi connectivity index (χ2n) is 3.12. The topological polar surface area (TPSA) is 72.5 Å². The molecule has 0 heterocycles. The third-order valence-corrected chi connectivity index (χ3v) is 2.64. The molecule has 0 aliphatic carbocycles. The van der Waals surface area contributed by atoms with Crippen LogP contribution in [0.2, 0.25) is 0 Å². The van der Waals surface area contributed by atoms with E-state index in [9.17, 15) is 4.79 Å². The molecule has 0 fully saturated rings. The van der Waals surface area contributed by atoms with Crippen LogP contribution < -0.4 is 10.5 Å². The van der Waals surface area contributed by atoms with Crippen molar-refractivity contribution in [1.82, 2.24) is 0 Å². The van der Waals surface area contributed by atoms with Crippen molar-refractivity contribution in [2.75, 3.05) is 7.11 Å². The molecule has 0 saturated carbocycles. The number of ether oxygens (including phenoxy) is 1. The molecule has 0 aliphatic rings. The smallest absolute Gasteiger partial charge is 0.320 e. The molecule has 1 atom stereocenters. The van der Waals surface area contributed by atoms with E-state index in [1.165, 1.54) is 0 Å². The minimum atomic E-state index is -1.00. The lowest BCUT2D eigenvalue weighted by Crippen LogP contribution is -2.32. The normalized spacial score (nSPS) is 12.2. The number of rotatable bonds is 4. The Morgan fingerprint density at radius 1 is 1.67 bits per heavy atom. The number of carbonyl (C=O) groups is 1. The highest BCUT2D eigenvalue weighted by molar-refractivity contribution is 9.10. The Morgan fingerprint density at radius 2 is 2.33 bits per heavy atom. The first-order valence-corrected chi connectivity index (χ1v) is 5.14. The molecule has 82 valence electrons. The van der Waals surface area contributed by atoms with Crippen LogP contribution in [0.25, 0.3) is 0 Å². The van der Waals surface area contributed by atoms with Crippen molar-refractivity contribution in [2.24, 2.45) is 5.73 Å². The molecule has 5 heteroatoms. The number of methoxy groups -OCH3 is 1. The average molecular weight is 274 g/mol. The van der Waals surface area contributed by atoms with Gasteiger partial charge in [0.05, 0.1) is 11.6 Å². The van der Waals surface area contributed by atoms with Crippen molar-refractivity contribution < 1.29 is 14.6 Å². The molecular weight excluding hydrogens is 262 g/mol. The summed E-state index contributed by atoms with van der Waals surface area (Å²) in [5, 5.41) is 8.66. The first kappa shape index (κ1) is 12.0. The van der Waals surface area contributed by atoms with E-state index in [1.54, 1.807) is 13.2 Å². The van der Waals surface area contributed by atoms with E-state index < -0.39 is 12.0 Å². The van der Waals surface area contributed by atoms with Crippen molar-refractivity contribution in [3.63, 3.8) is 0 Å². The fourth-order valence-corrected chi connectivity index (χ4v) is 1.58. The van der Waals surface area contributed by atoms with Gasteiger partial charge in [0, 0.05) is 0 Å². The van der Waals surface area contributed by atoms with Gasteiger partial charge in [-0.3, -0.25) is 4.79 Å². The number of benzene rings is 1. The summed E-state index contributed by atoms with van der Waals surface area (Å²) >= 11 is 3.31. The van der Waals surface area contributed by atoms with Crippen molar-refractivity contribution in [3.8, 4) is 5.75 Å². The van der Waals surface area contributed by atoms with Crippen molar-refractivity contribution >= 4 is 21.9 Å². The first-order chi connectivity index (χ1) is 7.04. The maximum Gasteiger partial charge on any atom is 0.320 e. The van der Waals surface area contributed by atoms with Gasteiger partial charge in [-0.25, -0.2) is 0 Å². The van der Waals surface area contributed by atoms with E-state index in [1.807, 2.05) is 12.1 Å². The second kappa shape index (κ2) is 5.14. The number of halogens is 1. The fourth-order valence-electron chi connectivity index (χ4n) is 1.17. The number of aliphatic carboxylic acids is 1. The molecule has 0 bridgehead atoms. The Kier molecular flexibility index (Phi) is 4.11. The molecule has 15 heavy (non-hydrogen) atoms. The van der Waals surface area contributed by atoms with Gasteiger partial charge in [0.1, 0.15) is 11.8 Å². The highest BCUT2D eigenvalue weighted by Gasteiger charge is 2.12. The van der Waals surface area contributed by atoms with Gasteiger partial charge in [0.15, 0.2) is 0 Å². The zero-order chi connectivity index (χ0) is 11.4. The van der Waals surface area contributed by atoms with E-state index in [0.717, 1.165) is 10.0 Å². The van der Waals surface area contributed by atoms with E-state index in [4.69, 9.17) is 15.6 Å². The van der Waals surface area contributed by atoms with Gasteiger partial charge in [-0.1, -0.05) is 6.07 Å². The Morgan fingerprint density at radius 3 is 2.87 bits per heavy atom. The molecule has 0 aromatic heterocycles. The lowest BCUT2D eigenvalue weighted by atomic mass is 10.1. The summed E-state index contributed by atoms with van der Waals surface area (Å²) < 4.78 is 5.92. The molecular formula is C10H12BrNO3. The summed E-state index contributed by atoms with van der Waals surface area (Å²) in [4.78, 5) is 10.6. The first-order valence-electron chi connectivity index (χ1n) is 4.35. The standard InChI is InChI=1S/C10H12BrNO3/c1-15-9-5-6(2-3-7(9)11)4-8(12)10(13)14/h2-3,5,8H,4,12H2,1H3,(H,13,14)/t8-/m1/s1. The summed E-state index contributed by atoms with van der Waals surface area (Å²) in [7, 11) is 1.56. The molecule has 0 aliphatic heterocycles. The Bertz CT molecular complexity index is 368. The summed E-state index contributed by atoms with van der Waals surface area (Å²) in [5.74, 6) is -0.332. The lowest BCUT2D eigenvalue weighted by molar-refractivity contribution is -0.138. The number of carboxylic acids is 1. The Hall–Kier alpha value is -1.07. The number of hydrogen-bond acceptors (Lipinski definition) is 3. The zero-order valence-electron chi connectivity index (χ0n) is 8.24. The van der Waals surface area contributed by atoms with Crippen LogP contribution >= 0.6 is 15.9 Å². The minimum Gasteiger partial charge on any atom is -0.496 e. The van der Waals surface area contributed by atoms with E-state index in [2.05, 4.69) is 15.9 Å². The van der Waals surface area contributed by atoms with Crippen molar-refractivity contribution in [1.29, 1.82) is 0 Å². The van der Waals surface area contributed by atoms with E-state index in [-0.39, 0.29) is 0 Å². The molecule has 0 amide bonds. The largest absolute Gasteiger partial charge is 0.496 e. The van der Waals surface area contributed by atoms with Gasteiger partial charge < -0.3 is 15.6 Å². The number of hydrogen-bond donors (Lipinski definition) is 2. The second-order valence-corrected chi connectivity index (χ2v) is 3.97.